The first kappa shape index (κ1) is 34.4. The van der Waals surface area contributed by atoms with E-state index in [1.165, 1.54) is 49.9 Å². The number of likely N-dealkylation sites (tertiary alicyclic amines) is 2. The maximum Gasteiger partial charge on any atom is 0.490 e. The Hall–Kier alpha value is -3.48. The van der Waals surface area contributed by atoms with Gasteiger partial charge in [0.15, 0.2) is 0 Å². The number of aliphatic carboxylic acids is 1. The first-order chi connectivity index (χ1) is 21.5. The lowest BCUT2D eigenvalue weighted by Gasteiger charge is -2.32. The fourth-order valence-corrected chi connectivity index (χ4v) is 6.07. The van der Waals surface area contributed by atoms with Crippen molar-refractivity contribution in [2.45, 2.75) is 69.5 Å². The first-order valence-electron chi connectivity index (χ1n) is 15.7. The summed E-state index contributed by atoms with van der Waals surface area (Å²) in [6, 6.07) is 16.4. The predicted octanol–water partition coefficient (Wildman–Crippen LogP) is 4.86. The number of alkyl halides is 3. The zero-order valence-electron chi connectivity index (χ0n) is 25.4. The second-order valence-electron chi connectivity index (χ2n) is 12.2. The molecule has 2 heterocycles. The third-order valence-electron chi connectivity index (χ3n) is 8.90. The average Bonchev–Trinajstić information content (AvgIpc) is 3.84. The Balaban J connectivity index is 0.000000591. The van der Waals surface area contributed by atoms with E-state index in [4.69, 9.17) is 15.1 Å². The molecule has 4 N–H and O–H groups in total. The van der Waals surface area contributed by atoms with Crippen molar-refractivity contribution in [2.75, 3.05) is 39.3 Å². The van der Waals surface area contributed by atoms with E-state index in [9.17, 15) is 22.8 Å². The Morgan fingerprint density at radius 3 is 2.04 bits per heavy atom. The van der Waals surface area contributed by atoms with Crippen molar-refractivity contribution in [1.82, 2.24) is 20.6 Å². The number of nitrogens with one attached hydrogen (secondary N) is 2. The molecule has 1 aliphatic carbocycles. The van der Waals surface area contributed by atoms with E-state index in [-0.39, 0.29) is 5.91 Å². The van der Waals surface area contributed by atoms with Gasteiger partial charge in [-0.15, -0.1) is 0 Å². The van der Waals surface area contributed by atoms with Gasteiger partial charge in [-0.05, 0) is 119 Å². The summed E-state index contributed by atoms with van der Waals surface area (Å²) in [6.07, 6.45) is 4.23. The fraction of sp³-hybridized carbons (Fsp3) is 0.545. The monoisotopic (exact) mass is 632 g/mol. The largest absolute Gasteiger partial charge is 0.490 e. The highest BCUT2D eigenvalue weighted by atomic mass is 19.4. The molecule has 1 saturated carbocycles. The molecule has 2 saturated heterocycles. The van der Waals surface area contributed by atoms with Crippen molar-refractivity contribution < 1.29 is 37.9 Å². The predicted molar refractivity (Wildman–Crippen MR) is 162 cm³/mol. The molecule has 3 aliphatic rings. The highest BCUT2D eigenvalue weighted by molar-refractivity contribution is 5.94. The van der Waals surface area contributed by atoms with Crippen molar-refractivity contribution in [3.8, 4) is 0 Å². The van der Waals surface area contributed by atoms with Gasteiger partial charge in [0.2, 0.25) is 0 Å². The molecule has 246 valence electrons. The molecule has 2 aliphatic heterocycles. The zero-order valence-corrected chi connectivity index (χ0v) is 25.4. The minimum atomic E-state index is -5.08. The molecule has 2 aromatic carbocycles. The highest BCUT2D eigenvalue weighted by Crippen LogP contribution is 2.41. The van der Waals surface area contributed by atoms with E-state index in [1.54, 1.807) is 17.6 Å². The molecular formula is C33H43F3N4O5. The van der Waals surface area contributed by atoms with Crippen LogP contribution in [0.15, 0.2) is 48.5 Å². The van der Waals surface area contributed by atoms with Crippen LogP contribution in [0.1, 0.15) is 82.7 Å². The van der Waals surface area contributed by atoms with Gasteiger partial charge in [-0.25, -0.2) is 10.3 Å². The number of carbonyl (C=O) groups is 3. The number of carboxylic acid groups (broad SMARTS) is 1. The topological polar surface area (TPSA) is 122 Å². The molecule has 0 aromatic heterocycles. The number of hydrogen-bond acceptors (Lipinski definition) is 6. The van der Waals surface area contributed by atoms with Crippen LogP contribution in [0.4, 0.5) is 13.2 Å². The number of nitrogens with zero attached hydrogens (tertiary/aromatic N) is 2. The van der Waals surface area contributed by atoms with Gasteiger partial charge in [0, 0.05) is 36.2 Å². The van der Waals surface area contributed by atoms with Crippen LogP contribution in [0, 0.1) is 5.92 Å². The Bertz CT molecular complexity index is 1260. The number of aryl methyl sites for hydroxylation is 1. The SMILES string of the molecule is O=C(NO)c1ccc(CCCN2CCC(CNC3CC3c3ccc(C(=O)N4CCCCC4)cc3)CC2)cc1.O=C(O)C(F)(F)F. The number of halogens is 3. The number of amides is 2. The van der Waals surface area contributed by atoms with E-state index in [0.29, 0.717) is 17.5 Å². The van der Waals surface area contributed by atoms with Gasteiger partial charge in [0.25, 0.3) is 11.8 Å². The van der Waals surface area contributed by atoms with Crippen molar-refractivity contribution in [3.63, 3.8) is 0 Å². The van der Waals surface area contributed by atoms with Gasteiger partial charge in [-0.1, -0.05) is 24.3 Å². The van der Waals surface area contributed by atoms with Gasteiger partial charge in [0.05, 0.1) is 0 Å². The van der Waals surface area contributed by atoms with Crippen LogP contribution in [-0.2, 0) is 11.2 Å². The molecular weight excluding hydrogens is 589 g/mol. The summed E-state index contributed by atoms with van der Waals surface area (Å²) < 4.78 is 31.7. The Morgan fingerprint density at radius 2 is 1.47 bits per heavy atom. The van der Waals surface area contributed by atoms with Crippen LogP contribution in [0.5, 0.6) is 0 Å². The summed E-state index contributed by atoms with van der Waals surface area (Å²) in [7, 11) is 0. The van der Waals surface area contributed by atoms with E-state index in [2.05, 4.69) is 22.3 Å². The molecule has 12 heteroatoms. The Labute approximate surface area is 261 Å². The van der Waals surface area contributed by atoms with Crippen LogP contribution >= 0.6 is 0 Å². The van der Waals surface area contributed by atoms with Crippen LogP contribution < -0.4 is 10.8 Å². The number of hydrogen-bond donors (Lipinski definition) is 4. The molecule has 0 spiro atoms. The van der Waals surface area contributed by atoms with E-state index < -0.39 is 18.1 Å². The summed E-state index contributed by atoms with van der Waals surface area (Å²) in [5.74, 6) is -1.70. The van der Waals surface area contributed by atoms with Crippen molar-refractivity contribution >= 4 is 17.8 Å². The van der Waals surface area contributed by atoms with Crippen LogP contribution in [0.2, 0.25) is 0 Å². The number of rotatable bonds is 10. The molecule has 45 heavy (non-hydrogen) atoms. The number of piperidine rings is 2. The lowest BCUT2D eigenvalue weighted by molar-refractivity contribution is -0.192. The lowest BCUT2D eigenvalue weighted by Crippen LogP contribution is -2.38. The summed E-state index contributed by atoms with van der Waals surface area (Å²) >= 11 is 0. The molecule has 9 nitrogen and oxygen atoms in total. The average molecular weight is 633 g/mol. The maximum atomic E-state index is 12.7. The van der Waals surface area contributed by atoms with Crippen LogP contribution in [0.25, 0.3) is 0 Å². The van der Waals surface area contributed by atoms with Gasteiger partial charge in [-0.2, -0.15) is 13.2 Å². The van der Waals surface area contributed by atoms with E-state index in [1.807, 2.05) is 29.2 Å². The number of benzene rings is 2. The molecule has 0 bridgehead atoms. The number of hydroxylamine groups is 1. The number of carbonyl (C=O) groups excluding carboxylic acids is 2. The van der Waals surface area contributed by atoms with Gasteiger partial charge in [0.1, 0.15) is 0 Å². The van der Waals surface area contributed by atoms with Crippen LogP contribution in [-0.4, -0.2) is 89.4 Å². The summed E-state index contributed by atoms with van der Waals surface area (Å²) in [4.78, 5) is 37.6. The standard InChI is InChI=1S/C31H42N4O3.C2HF3O2/c36-30(33-38)26-8-6-23(7-9-26)5-4-16-34-19-14-24(15-20-34)22-32-29-21-28(29)25-10-12-27(13-11-25)31(37)35-17-2-1-3-18-35;3-2(4,5)1(6)7/h6-13,24,28-29,32,38H,1-5,14-22H2,(H,33,36);(H,6,7). The van der Waals surface area contributed by atoms with Crippen molar-refractivity contribution in [3.05, 3.63) is 70.8 Å². The molecule has 2 amide bonds. The third-order valence-corrected chi connectivity index (χ3v) is 8.90. The van der Waals surface area contributed by atoms with Crippen LogP contribution in [0.3, 0.4) is 0 Å². The van der Waals surface area contributed by atoms with Crippen molar-refractivity contribution in [2.24, 2.45) is 5.92 Å². The Morgan fingerprint density at radius 1 is 0.867 bits per heavy atom. The molecule has 0 radical (unpaired) electrons. The number of carboxylic acids is 1. The zero-order chi connectivity index (χ0) is 32.4. The molecule has 5 rings (SSSR count). The second-order valence-corrected chi connectivity index (χ2v) is 12.2. The molecule has 2 aromatic rings. The lowest BCUT2D eigenvalue weighted by atomic mass is 9.96. The van der Waals surface area contributed by atoms with E-state index in [0.717, 1.165) is 63.3 Å². The third kappa shape index (κ3) is 10.5. The normalized spacial score (nSPS) is 20.6. The second kappa shape index (κ2) is 16.2. The Kier molecular flexibility index (Phi) is 12.4. The maximum absolute atomic E-state index is 12.7. The first-order valence-corrected chi connectivity index (χ1v) is 15.7. The highest BCUT2D eigenvalue weighted by Gasteiger charge is 2.39. The molecule has 2 unspecified atom stereocenters. The van der Waals surface area contributed by atoms with Gasteiger partial charge >= 0.3 is 12.1 Å². The van der Waals surface area contributed by atoms with Gasteiger partial charge in [-0.3, -0.25) is 14.8 Å². The summed E-state index contributed by atoms with van der Waals surface area (Å²) in [6.45, 7) is 6.36. The van der Waals surface area contributed by atoms with E-state index >= 15 is 0 Å². The molecule has 2 atom stereocenters. The fourth-order valence-electron chi connectivity index (χ4n) is 6.07. The smallest absolute Gasteiger partial charge is 0.475 e. The van der Waals surface area contributed by atoms with Gasteiger partial charge < -0.3 is 20.2 Å². The minimum absolute atomic E-state index is 0.191. The molecule has 3 fully saturated rings. The summed E-state index contributed by atoms with van der Waals surface area (Å²) in [5.41, 5.74) is 5.56. The minimum Gasteiger partial charge on any atom is -0.475 e. The summed E-state index contributed by atoms with van der Waals surface area (Å²) in [5, 5.41) is 19.7. The van der Waals surface area contributed by atoms with Crippen molar-refractivity contribution in [1.29, 1.82) is 0 Å². The quantitative estimate of drug-likeness (QED) is 0.218.